The Morgan fingerprint density at radius 1 is 1.21 bits per heavy atom. The molecule has 8 nitrogen and oxygen atoms in total. The van der Waals surface area contributed by atoms with Crippen LogP contribution in [0.5, 0.6) is 11.5 Å². The van der Waals surface area contributed by atoms with E-state index in [9.17, 15) is 4.79 Å². The average Bonchev–Trinajstić information content (AvgIpc) is 2.96. The second-order valence-electron chi connectivity index (χ2n) is 8.46. The number of carbonyl (C=O) groups excluding carboxylic acids is 1. The second-order valence-corrected chi connectivity index (χ2v) is 8.46. The third-order valence-corrected chi connectivity index (χ3v) is 4.61. The van der Waals surface area contributed by atoms with Gasteiger partial charge < -0.3 is 14.8 Å². The van der Waals surface area contributed by atoms with Crippen molar-refractivity contribution in [2.24, 2.45) is 5.92 Å². The third-order valence-electron chi connectivity index (χ3n) is 4.61. The SMILES string of the molecule is CC(C)C(NC(=O)Cn1nnnc1C(C)(C)C)c1ccc2c(c1)OCCCO2. The fourth-order valence-electron chi connectivity index (χ4n) is 3.21. The molecular formula is C20H29N5O3. The lowest BCUT2D eigenvalue weighted by Crippen LogP contribution is -2.35. The zero-order valence-corrected chi connectivity index (χ0v) is 17.2. The highest BCUT2D eigenvalue weighted by molar-refractivity contribution is 5.76. The fraction of sp³-hybridized carbons (Fsp3) is 0.600. The Balaban J connectivity index is 1.76. The fourth-order valence-corrected chi connectivity index (χ4v) is 3.21. The maximum absolute atomic E-state index is 12.7. The van der Waals surface area contributed by atoms with E-state index in [1.165, 1.54) is 0 Å². The molecule has 1 atom stereocenters. The molecule has 8 heteroatoms. The van der Waals surface area contributed by atoms with Crippen LogP contribution >= 0.6 is 0 Å². The minimum absolute atomic E-state index is 0.0768. The summed E-state index contributed by atoms with van der Waals surface area (Å²) in [6, 6.07) is 5.70. The number of carbonyl (C=O) groups is 1. The Morgan fingerprint density at radius 2 is 1.93 bits per heavy atom. The Morgan fingerprint density at radius 3 is 2.61 bits per heavy atom. The van der Waals surface area contributed by atoms with Crippen LogP contribution < -0.4 is 14.8 Å². The molecule has 0 saturated carbocycles. The summed E-state index contributed by atoms with van der Waals surface area (Å²) in [6.45, 7) is 11.6. The lowest BCUT2D eigenvalue weighted by atomic mass is 9.95. The summed E-state index contributed by atoms with van der Waals surface area (Å²) >= 11 is 0. The van der Waals surface area contributed by atoms with Crippen molar-refractivity contribution in [3.63, 3.8) is 0 Å². The van der Waals surface area contributed by atoms with Crippen LogP contribution in [0.4, 0.5) is 0 Å². The van der Waals surface area contributed by atoms with Crippen LogP contribution in [0.1, 0.15) is 58.5 Å². The van der Waals surface area contributed by atoms with Crippen LogP contribution in [0, 0.1) is 5.92 Å². The topological polar surface area (TPSA) is 91.2 Å². The highest BCUT2D eigenvalue weighted by atomic mass is 16.5. The van der Waals surface area contributed by atoms with E-state index < -0.39 is 0 Å². The van der Waals surface area contributed by atoms with E-state index in [4.69, 9.17) is 9.47 Å². The minimum Gasteiger partial charge on any atom is -0.490 e. The number of benzene rings is 1. The van der Waals surface area contributed by atoms with Crippen LogP contribution in [-0.4, -0.2) is 39.3 Å². The van der Waals surface area contributed by atoms with Crippen molar-refractivity contribution in [1.82, 2.24) is 25.5 Å². The normalized spacial score (nSPS) is 15.2. The lowest BCUT2D eigenvalue weighted by Gasteiger charge is -2.24. The Bertz CT molecular complexity index is 825. The minimum atomic E-state index is -0.241. The smallest absolute Gasteiger partial charge is 0.242 e. The molecule has 2 heterocycles. The molecule has 1 amide bonds. The second kappa shape index (κ2) is 8.16. The van der Waals surface area contributed by atoms with E-state index in [1.807, 2.05) is 39.0 Å². The quantitative estimate of drug-likeness (QED) is 0.848. The highest BCUT2D eigenvalue weighted by Crippen LogP contribution is 2.34. The van der Waals surface area contributed by atoms with Crippen molar-refractivity contribution in [2.45, 2.75) is 59.0 Å². The summed E-state index contributed by atoms with van der Waals surface area (Å²) in [6.07, 6.45) is 0.858. The third kappa shape index (κ3) is 4.61. The summed E-state index contributed by atoms with van der Waals surface area (Å²) in [5, 5.41) is 14.9. The Hall–Kier alpha value is -2.64. The molecule has 1 aliphatic heterocycles. The molecule has 0 bridgehead atoms. The van der Waals surface area contributed by atoms with E-state index >= 15 is 0 Å². The molecule has 1 aromatic heterocycles. The summed E-state index contributed by atoms with van der Waals surface area (Å²) < 4.78 is 13.1. The molecule has 2 aromatic rings. The Kier molecular flexibility index (Phi) is 5.86. The average molecular weight is 387 g/mol. The van der Waals surface area contributed by atoms with Crippen molar-refractivity contribution in [2.75, 3.05) is 13.2 Å². The number of tetrazole rings is 1. The van der Waals surface area contributed by atoms with Gasteiger partial charge in [-0.2, -0.15) is 0 Å². The molecule has 1 aromatic carbocycles. The predicted molar refractivity (Wildman–Crippen MR) is 104 cm³/mol. The van der Waals surface area contributed by atoms with Gasteiger partial charge >= 0.3 is 0 Å². The van der Waals surface area contributed by atoms with Crippen molar-refractivity contribution in [1.29, 1.82) is 0 Å². The first-order valence-electron chi connectivity index (χ1n) is 9.71. The number of nitrogens with one attached hydrogen (secondary N) is 1. The lowest BCUT2D eigenvalue weighted by molar-refractivity contribution is -0.123. The van der Waals surface area contributed by atoms with E-state index in [0.717, 1.165) is 23.5 Å². The molecular weight excluding hydrogens is 358 g/mol. The molecule has 0 spiro atoms. The van der Waals surface area contributed by atoms with Crippen molar-refractivity contribution in [3.8, 4) is 11.5 Å². The molecule has 1 aliphatic rings. The number of hydrogen-bond acceptors (Lipinski definition) is 6. The summed E-state index contributed by atoms with van der Waals surface area (Å²) in [5.74, 6) is 2.22. The van der Waals surface area contributed by atoms with E-state index in [2.05, 4.69) is 34.7 Å². The van der Waals surface area contributed by atoms with E-state index in [-0.39, 0.29) is 29.8 Å². The molecule has 152 valence electrons. The van der Waals surface area contributed by atoms with Crippen molar-refractivity contribution >= 4 is 5.91 Å². The van der Waals surface area contributed by atoms with Gasteiger partial charge in [0.05, 0.1) is 19.3 Å². The van der Waals surface area contributed by atoms with Crippen molar-refractivity contribution in [3.05, 3.63) is 29.6 Å². The number of fused-ring (bicyclic) bond motifs is 1. The zero-order chi connectivity index (χ0) is 20.3. The number of nitrogens with zero attached hydrogens (tertiary/aromatic N) is 4. The van der Waals surface area contributed by atoms with Gasteiger partial charge in [-0.25, -0.2) is 4.68 Å². The number of hydrogen-bond donors (Lipinski definition) is 1. The van der Waals surface area contributed by atoms with Gasteiger partial charge in [-0.15, -0.1) is 5.10 Å². The molecule has 28 heavy (non-hydrogen) atoms. The summed E-state index contributed by atoms with van der Waals surface area (Å²) in [5.41, 5.74) is 0.746. The van der Waals surface area contributed by atoms with Gasteiger partial charge in [0.15, 0.2) is 17.3 Å². The first kappa shape index (κ1) is 20.1. The van der Waals surface area contributed by atoms with Gasteiger partial charge in [0, 0.05) is 11.8 Å². The first-order valence-corrected chi connectivity index (χ1v) is 9.71. The molecule has 0 saturated heterocycles. The van der Waals surface area contributed by atoms with Gasteiger partial charge in [-0.05, 0) is 34.0 Å². The van der Waals surface area contributed by atoms with Crippen LogP contribution in [-0.2, 0) is 16.8 Å². The maximum atomic E-state index is 12.7. The van der Waals surface area contributed by atoms with Crippen LogP contribution in [0.3, 0.4) is 0 Å². The Labute approximate surface area is 165 Å². The monoisotopic (exact) mass is 387 g/mol. The van der Waals surface area contributed by atoms with Gasteiger partial charge in [0.2, 0.25) is 5.91 Å². The molecule has 0 aliphatic carbocycles. The number of rotatable bonds is 5. The molecule has 0 fully saturated rings. The summed E-state index contributed by atoms with van der Waals surface area (Å²) in [4.78, 5) is 12.7. The van der Waals surface area contributed by atoms with Gasteiger partial charge in [-0.1, -0.05) is 40.7 Å². The van der Waals surface area contributed by atoms with Gasteiger partial charge in [0.1, 0.15) is 6.54 Å². The largest absolute Gasteiger partial charge is 0.490 e. The van der Waals surface area contributed by atoms with Gasteiger partial charge in [-0.3, -0.25) is 4.79 Å². The maximum Gasteiger partial charge on any atom is 0.242 e. The van der Waals surface area contributed by atoms with Crippen molar-refractivity contribution < 1.29 is 14.3 Å². The first-order chi connectivity index (χ1) is 13.3. The number of aromatic nitrogens is 4. The standard InChI is InChI=1S/C20H29N5O3/c1-13(2)18(14-7-8-15-16(11-14)28-10-6-9-27-15)21-17(26)12-25-19(20(3,4)5)22-23-24-25/h7-8,11,13,18H,6,9-10,12H2,1-5H3,(H,21,26). The molecule has 3 rings (SSSR count). The number of ether oxygens (including phenoxy) is 2. The number of amides is 1. The van der Waals surface area contributed by atoms with E-state index in [0.29, 0.717) is 19.0 Å². The van der Waals surface area contributed by atoms with Crippen LogP contribution in [0.15, 0.2) is 18.2 Å². The molecule has 0 radical (unpaired) electrons. The molecule has 1 unspecified atom stereocenters. The van der Waals surface area contributed by atoms with Crippen LogP contribution in [0.25, 0.3) is 0 Å². The predicted octanol–water partition coefficient (Wildman–Crippen LogP) is 2.65. The van der Waals surface area contributed by atoms with E-state index in [1.54, 1.807) is 4.68 Å². The molecule has 1 N–H and O–H groups in total. The van der Waals surface area contributed by atoms with Gasteiger partial charge in [0.25, 0.3) is 0 Å². The highest BCUT2D eigenvalue weighted by Gasteiger charge is 2.25. The summed E-state index contributed by atoms with van der Waals surface area (Å²) in [7, 11) is 0. The van der Waals surface area contributed by atoms with Crippen LogP contribution in [0.2, 0.25) is 0 Å². The zero-order valence-electron chi connectivity index (χ0n) is 17.2.